The van der Waals surface area contributed by atoms with Crippen LogP contribution >= 0.6 is 0 Å². The van der Waals surface area contributed by atoms with Gasteiger partial charge in [-0.2, -0.15) is 4.98 Å². The molecule has 0 amide bonds. The molecule has 1 aromatic carbocycles. The Labute approximate surface area is 99.7 Å². The quantitative estimate of drug-likeness (QED) is 0.840. The predicted octanol–water partition coefficient (Wildman–Crippen LogP) is 1.78. The molecule has 5 heteroatoms. The van der Waals surface area contributed by atoms with Crippen LogP contribution in [0.2, 0.25) is 0 Å². The lowest BCUT2D eigenvalue weighted by Gasteiger charge is -2.06. The first-order chi connectivity index (χ1) is 8.22. The fraction of sp³-hybridized carbons (Fsp3) is 0.167. The summed E-state index contributed by atoms with van der Waals surface area (Å²) >= 11 is 0. The number of nitrogens with zero attached hydrogens (tertiary/aromatic N) is 2. The van der Waals surface area contributed by atoms with Crippen molar-refractivity contribution >= 4 is 11.8 Å². The molecule has 0 aliphatic carbocycles. The molecule has 0 aliphatic rings. The minimum absolute atomic E-state index is 0.252. The molecule has 1 aromatic heterocycles. The Morgan fingerprint density at radius 1 is 1.18 bits per heavy atom. The lowest BCUT2D eigenvalue weighted by atomic mass is 10.1. The Kier molecular flexibility index (Phi) is 3.09. The number of benzene rings is 1. The number of hydrogen-bond donors (Lipinski definition) is 2. The number of ether oxygens (including phenoxy) is 1. The van der Waals surface area contributed by atoms with Gasteiger partial charge in [-0.25, -0.2) is 4.98 Å². The van der Waals surface area contributed by atoms with Gasteiger partial charge in [0.05, 0.1) is 12.8 Å². The lowest BCUT2D eigenvalue weighted by Crippen LogP contribution is -2.01. The van der Waals surface area contributed by atoms with Crippen LogP contribution in [0.15, 0.2) is 30.3 Å². The molecule has 1 heterocycles. The molecule has 88 valence electrons. The van der Waals surface area contributed by atoms with Gasteiger partial charge in [-0.3, -0.25) is 0 Å². The molecule has 0 saturated heterocycles. The first kappa shape index (κ1) is 11.2. The molecule has 0 aliphatic heterocycles. The van der Waals surface area contributed by atoms with Crippen molar-refractivity contribution in [2.45, 2.75) is 0 Å². The topological polar surface area (TPSA) is 73.1 Å². The molecular formula is C12H14N4O. The molecule has 5 nitrogen and oxygen atoms in total. The van der Waals surface area contributed by atoms with E-state index in [4.69, 9.17) is 10.5 Å². The molecule has 17 heavy (non-hydrogen) atoms. The van der Waals surface area contributed by atoms with Crippen molar-refractivity contribution in [3.8, 4) is 17.0 Å². The summed E-state index contributed by atoms with van der Waals surface area (Å²) in [6.45, 7) is 0. The Balaban J connectivity index is 2.41. The molecule has 0 spiro atoms. The maximum atomic E-state index is 5.64. The summed E-state index contributed by atoms with van der Waals surface area (Å²) < 4.78 is 5.10. The summed E-state index contributed by atoms with van der Waals surface area (Å²) in [5, 5.41) is 2.94. The molecule has 0 bridgehead atoms. The van der Waals surface area contributed by atoms with Crippen LogP contribution in [0.3, 0.4) is 0 Å². The molecule has 0 atom stereocenters. The number of rotatable bonds is 3. The summed E-state index contributed by atoms with van der Waals surface area (Å²) in [5.74, 6) is 1.76. The Bertz CT molecular complexity index is 510. The SMILES string of the molecule is CNc1cc(-c2ccc(OC)cc2)nc(N)n1. The van der Waals surface area contributed by atoms with Crippen LogP contribution in [0.25, 0.3) is 11.3 Å². The second-order valence-corrected chi connectivity index (χ2v) is 3.48. The van der Waals surface area contributed by atoms with E-state index in [0.717, 1.165) is 17.0 Å². The fourth-order valence-electron chi connectivity index (χ4n) is 1.50. The van der Waals surface area contributed by atoms with E-state index >= 15 is 0 Å². The minimum atomic E-state index is 0.252. The molecule has 0 saturated carbocycles. The van der Waals surface area contributed by atoms with Gasteiger partial charge in [0.25, 0.3) is 0 Å². The first-order valence-electron chi connectivity index (χ1n) is 5.19. The second-order valence-electron chi connectivity index (χ2n) is 3.48. The van der Waals surface area contributed by atoms with Gasteiger partial charge in [0, 0.05) is 18.7 Å². The van der Waals surface area contributed by atoms with Gasteiger partial charge in [0.2, 0.25) is 5.95 Å². The second kappa shape index (κ2) is 4.69. The van der Waals surface area contributed by atoms with Crippen molar-refractivity contribution < 1.29 is 4.74 Å². The highest BCUT2D eigenvalue weighted by Crippen LogP contribution is 2.22. The van der Waals surface area contributed by atoms with E-state index in [2.05, 4.69) is 15.3 Å². The van der Waals surface area contributed by atoms with Gasteiger partial charge in [-0.05, 0) is 24.3 Å². The molecular weight excluding hydrogens is 216 g/mol. The van der Waals surface area contributed by atoms with Crippen LogP contribution in [0, 0.1) is 0 Å². The van der Waals surface area contributed by atoms with Gasteiger partial charge < -0.3 is 15.8 Å². The monoisotopic (exact) mass is 230 g/mol. The van der Waals surface area contributed by atoms with E-state index in [0.29, 0.717) is 5.82 Å². The van der Waals surface area contributed by atoms with E-state index in [-0.39, 0.29) is 5.95 Å². The van der Waals surface area contributed by atoms with Gasteiger partial charge in [-0.15, -0.1) is 0 Å². The third-order valence-electron chi connectivity index (χ3n) is 2.39. The lowest BCUT2D eigenvalue weighted by molar-refractivity contribution is 0.415. The average Bonchev–Trinajstić information content (AvgIpc) is 2.38. The number of hydrogen-bond acceptors (Lipinski definition) is 5. The summed E-state index contributed by atoms with van der Waals surface area (Å²) in [5.41, 5.74) is 7.39. The van der Waals surface area contributed by atoms with E-state index in [1.165, 1.54) is 0 Å². The largest absolute Gasteiger partial charge is 0.497 e. The minimum Gasteiger partial charge on any atom is -0.497 e. The summed E-state index contributed by atoms with van der Waals surface area (Å²) in [6, 6.07) is 9.47. The van der Waals surface area contributed by atoms with Gasteiger partial charge in [0.15, 0.2) is 0 Å². The maximum Gasteiger partial charge on any atom is 0.222 e. The molecule has 2 rings (SSSR count). The zero-order valence-electron chi connectivity index (χ0n) is 9.77. The van der Waals surface area contributed by atoms with Crippen molar-refractivity contribution in [3.05, 3.63) is 30.3 Å². The number of nitrogens with two attached hydrogens (primary N) is 1. The number of anilines is 2. The highest BCUT2D eigenvalue weighted by atomic mass is 16.5. The van der Waals surface area contributed by atoms with Crippen LogP contribution in [0.5, 0.6) is 5.75 Å². The van der Waals surface area contributed by atoms with Crippen LogP contribution in [-0.2, 0) is 0 Å². The van der Waals surface area contributed by atoms with Crippen LogP contribution in [0.4, 0.5) is 11.8 Å². The number of nitrogens with one attached hydrogen (secondary N) is 1. The van der Waals surface area contributed by atoms with E-state index in [1.54, 1.807) is 14.2 Å². The Morgan fingerprint density at radius 3 is 2.47 bits per heavy atom. The van der Waals surface area contributed by atoms with Crippen molar-refractivity contribution in [2.24, 2.45) is 0 Å². The van der Waals surface area contributed by atoms with E-state index in [9.17, 15) is 0 Å². The van der Waals surface area contributed by atoms with Crippen molar-refractivity contribution in [2.75, 3.05) is 25.2 Å². The summed E-state index contributed by atoms with van der Waals surface area (Å²) in [7, 11) is 3.43. The molecule has 0 radical (unpaired) electrons. The van der Waals surface area contributed by atoms with Gasteiger partial charge in [0.1, 0.15) is 11.6 Å². The normalized spacial score (nSPS) is 10.0. The van der Waals surface area contributed by atoms with Gasteiger partial charge in [-0.1, -0.05) is 0 Å². The molecule has 0 fully saturated rings. The van der Waals surface area contributed by atoms with Crippen molar-refractivity contribution in [1.82, 2.24) is 9.97 Å². The highest BCUT2D eigenvalue weighted by Gasteiger charge is 2.04. The summed E-state index contributed by atoms with van der Waals surface area (Å²) in [6.07, 6.45) is 0. The fourth-order valence-corrected chi connectivity index (χ4v) is 1.50. The number of nitrogen functional groups attached to an aromatic ring is 1. The zero-order chi connectivity index (χ0) is 12.3. The number of aromatic nitrogens is 2. The standard InChI is InChI=1S/C12H14N4O/c1-14-11-7-10(15-12(13)16-11)8-3-5-9(17-2)6-4-8/h3-7H,1-2H3,(H3,13,14,15,16). The Hall–Kier alpha value is -2.30. The zero-order valence-corrected chi connectivity index (χ0v) is 9.77. The smallest absolute Gasteiger partial charge is 0.222 e. The molecule has 2 aromatic rings. The molecule has 3 N–H and O–H groups in total. The van der Waals surface area contributed by atoms with Crippen LogP contribution in [-0.4, -0.2) is 24.1 Å². The molecule has 0 unspecified atom stereocenters. The van der Waals surface area contributed by atoms with E-state index in [1.807, 2.05) is 30.3 Å². The Morgan fingerprint density at radius 2 is 1.88 bits per heavy atom. The average molecular weight is 230 g/mol. The third kappa shape index (κ3) is 2.44. The number of methoxy groups -OCH3 is 1. The van der Waals surface area contributed by atoms with Crippen LogP contribution < -0.4 is 15.8 Å². The van der Waals surface area contributed by atoms with Gasteiger partial charge >= 0.3 is 0 Å². The summed E-state index contributed by atoms with van der Waals surface area (Å²) in [4.78, 5) is 8.24. The van der Waals surface area contributed by atoms with Crippen molar-refractivity contribution in [3.63, 3.8) is 0 Å². The van der Waals surface area contributed by atoms with E-state index < -0.39 is 0 Å². The highest BCUT2D eigenvalue weighted by molar-refractivity contribution is 5.64. The van der Waals surface area contributed by atoms with Crippen LogP contribution in [0.1, 0.15) is 0 Å². The third-order valence-corrected chi connectivity index (χ3v) is 2.39. The van der Waals surface area contributed by atoms with Crippen molar-refractivity contribution in [1.29, 1.82) is 0 Å². The maximum absolute atomic E-state index is 5.64. The first-order valence-corrected chi connectivity index (χ1v) is 5.19. The predicted molar refractivity (Wildman–Crippen MR) is 68.0 cm³/mol.